The molecule has 0 aliphatic heterocycles. The van der Waals surface area contributed by atoms with Crippen molar-refractivity contribution in [3.8, 4) is 11.3 Å². The van der Waals surface area contributed by atoms with Crippen LogP contribution >= 0.6 is 0 Å². The maximum absolute atomic E-state index is 13.2. The Bertz CT molecular complexity index is 1410. The molecule has 7 heteroatoms. The lowest BCUT2D eigenvalue weighted by atomic mass is 10.1. The van der Waals surface area contributed by atoms with Crippen LogP contribution in [0.4, 0.5) is 5.82 Å². The van der Waals surface area contributed by atoms with Crippen LogP contribution in [0.15, 0.2) is 67.1 Å². The van der Waals surface area contributed by atoms with Crippen LogP contribution in [0, 0.1) is 6.92 Å². The number of benzene rings is 1. The van der Waals surface area contributed by atoms with Gasteiger partial charge in [-0.25, -0.2) is 14.6 Å². The molecule has 5 aromatic rings. The highest BCUT2D eigenvalue weighted by molar-refractivity contribution is 6.07. The van der Waals surface area contributed by atoms with Gasteiger partial charge in [-0.2, -0.15) is 5.10 Å². The molecule has 0 spiro atoms. The molecule has 1 aromatic carbocycles. The smallest absolute Gasteiger partial charge is 0.258 e. The largest absolute Gasteiger partial charge is 0.306 e. The first-order valence-electron chi connectivity index (χ1n) is 10.2. The quantitative estimate of drug-likeness (QED) is 0.458. The summed E-state index contributed by atoms with van der Waals surface area (Å²) in [5, 5.41) is 8.28. The molecule has 4 heterocycles. The van der Waals surface area contributed by atoms with Crippen LogP contribution in [0.1, 0.15) is 35.8 Å². The van der Waals surface area contributed by atoms with Gasteiger partial charge in [0, 0.05) is 29.4 Å². The van der Waals surface area contributed by atoms with Gasteiger partial charge >= 0.3 is 0 Å². The van der Waals surface area contributed by atoms with Crippen molar-refractivity contribution in [3.63, 3.8) is 0 Å². The van der Waals surface area contributed by atoms with Crippen molar-refractivity contribution >= 4 is 28.4 Å². The van der Waals surface area contributed by atoms with Crippen molar-refractivity contribution in [1.29, 1.82) is 0 Å². The second-order valence-electron chi connectivity index (χ2n) is 7.83. The zero-order valence-corrected chi connectivity index (χ0v) is 17.6. The Morgan fingerprint density at radius 3 is 2.61 bits per heavy atom. The van der Waals surface area contributed by atoms with E-state index in [1.54, 1.807) is 12.4 Å². The second-order valence-corrected chi connectivity index (χ2v) is 7.83. The molecule has 0 bridgehead atoms. The number of pyridine rings is 2. The average Bonchev–Trinajstić information content (AvgIpc) is 3.37. The number of aromatic nitrogens is 5. The standard InChI is InChI=1S/C24H22N6O/c1-15(2)30-22-18(14-26-30)12-19(13-25-22)24(31)28-23-20(17-9-5-4-6-10-17)27-21-16(3)8-7-11-29(21)23/h4-15H,1-3H3,(H,28,31). The summed E-state index contributed by atoms with van der Waals surface area (Å²) in [6.07, 6.45) is 5.24. The third-order valence-electron chi connectivity index (χ3n) is 5.31. The number of aryl methyl sites for hydroxylation is 1. The SMILES string of the molecule is Cc1cccn2c(NC(=O)c3cnc4c(cnn4C(C)C)c3)c(-c3ccccc3)nc12. The second kappa shape index (κ2) is 7.36. The Labute approximate surface area is 179 Å². The number of hydrogen-bond donors (Lipinski definition) is 1. The molecule has 0 radical (unpaired) electrons. The molecule has 31 heavy (non-hydrogen) atoms. The number of rotatable bonds is 4. The van der Waals surface area contributed by atoms with Crippen LogP contribution in [-0.2, 0) is 0 Å². The lowest BCUT2D eigenvalue weighted by molar-refractivity contribution is 0.102. The molecule has 0 atom stereocenters. The molecule has 5 rings (SSSR count). The highest BCUT2D eigenvalue weighted by Gasteiger charge is 2.19. The normalized spacial score (nSPS) is 11.5. The molecule has 154 valence electrons. The molecule has 0 fully saturated rings. The molecule has 0 aliphatic rings. The van der Waals surface area contributed by atoms with Crippen molar-refractivity contribution in [3.05, 3.63) is 78.2 Å². The van der Waals surface area contributed by atoms with E-state index >= 15 is 0 Å². The predicted molar refractivity (Wildman–Crippen MR) is 121 cm³/mol. The van der Waals surface area contributed by atoms with Crippen molar-refractivity contribution in [2.45, 2.75) is 26.8 Å². The number of nitrogens with one attached hydrogen (secondary N) is 1. The summed E-state index contributed by atoms with van der Waals surface area (Å²) in [6.45, 7) is 6.10. The fourth-order valence-electron chi connectivity index (χ4n) is 3.74. The van der Waals surface area contributed by atoms with Gasteiger partial charge in [0.15, 0.2) is 5.65 Å². The summed E-state index contributed by atoms with van der Waals surface area (Å²) >= 11 is 0. The predicted octanol–water partition coefficient (Wildman–Crippen LogP) is 4.89. The van der Waals surface area contributed by atoms with Gasteiger partial charge in [0.05, 0.1) is 11.8 Å². The van der Waals surface area contributed by atoms with Crippen LogP contribution in [0.5, 0.6) is 0 Å². The van der Waals surface area contributed by atoms with Crippen molar-refractivity contribution in [2.75, 3.05) is 5.32 Å². The minimum absolute atomic E-state index is 0.194. The van der Waals surface area contributed by atoms with Crippen LogP contribution in [0.3, 0.4) is 0 Å². The van der Waals surface area contributed by atoms with Crippen molar-refractivity contribution in [1.82, 2.24) is 24.1 Å². The first kappa shape index (κ1) is 19.0. The highest BCUT2D eigenvalue weighted by atomic mass is 16.1. The molecule has 0 saturated carbocycles. The van der Waals surface area contributed by atoms with Gasteiger partial charge in [0.1, 0.15) is 17.2 Å². The molecule has 1 amide bonds. The summed E-state index contributed by atoms with van der Waals surface area (Å²) in [7, 11) is 0. The van der Waals surface area contributed by atoms with Crippen molar-refractivity contribution in [2.24, 2.45) is 0 Å². The average molecular weight is 410 g/mol. The van der Waals surface area contributed by atoms with E-state index in [-0.39, 0.29) is 11.9 Å². The van der Waals surface area contributed by atoms with Crippen LogP contribution in [-0.4, -0.2) is 30.1 Å². The molecule has 7 nitrogen and oxygen atoms in total. The van der Waals surface area contributed by atoms with Gasteiger partial charge in [-0.1, -0.05) is 36.4 Å². The zero-order valence-electron chi connectivity index (χ0n) is 17.6. The third kappa shape index (κ3) is 3.24. The first-order valence-corrected chi connectivity index (χ1v) is 10.2. The summed E-state index contributed by atoms with van der Waals surface area (Å²) < 4.78 is 3.76. The van der Waals surface area contributed by atoms with Crippen LogP contribution in [0.25, 0.3) is 27.9 Å². The van der Waals surface area contributed by atoms with E-state index in [0.29, 0.717) is 11.4 Å². The summed E-state index contributed by atoms with van der Waals surface area (Å²) in [5.74, 6) is 0.389. The Morgan fingerprint density at radius 2 is 1.84 bits per heavy atom. The number of anilines is 1. The lowest BCUT2D eigenvalue weighted by Gasteiger charge is -2.09. The minimum atomic E-state index is -0.243. The van der Waals surface area contributed by atoms with E-state index in [0.717, 1.165) is 33.5 Å². The monoisotopic (exact) mass is 410 g/mol. The number of imidazole rings is 1. The molecule has 4 aromatic heterocycles. The lowest BCUT2D eigenvalue weighted by Crippen LogP contribution is -2.14. The van der Waals surface area contributed by atoms with E-state index < -0.39 is 0 Å². The first-order chi connectivity index (χ1) is 15.0. The molecule has 0 unspecified atom stereocenters. The Kier molecular flexibility index (Phi) is 4.51. The highest BCUT2D eigenvalue weighted by Crippen LogP contribution is 2.30. The zero-order chi connectivity index (χ0) is 21.5. The van der Waals surface area contributed by atoms with E-state index in [2.05, 4.69) is 15.4 Å². The number of nitrogens with zero attached hydrogens (tertiary/aromatic N) is 5. The Morgan fingerprint density at radius 1 is 1.03 bits per heavy atom. The van der Waals surface area contributed by atoms with Crippen molar-refractivity contribution < 1.29 is 4.79 Å². The van der Waals surface area contributed by atoms with Gasteiger partial charge in [-0.05, 0) is 38.5 Å². The maximum Gasteiger partial charge on any atom is 0.258 e. The topological polar surface area (TPSA) is 77.1 Å². The summed E-state index contributed by atoms with van der Waals surface area (Å²) in [4.78, 5) is 22.5. The molecular formula is C24H22N6O. The van der Waals surface area contributed by atoms with E-state index in [4.69, 9.17) is 4.98 Å². The number of carbonyl (C=O) groups is 1. The maximum atomic E-state index is 13.2. The van der Waals surface area contributed by atoms with Gasteiger partial charge in [-0.3, -0.25) is 9.20 Å². The fraction of sp³-hybridized carbons (Fsp3) is 0.167. The Balaban J connectivity index is 1.58. The molecular weight excluding hydrogens is 388 g/mol. The molecule has 0 saturated heterocycles. The molecule has 0 aliphatic carbocycles. The number of fused-ring (bicyclic) bond motifs is 2. The van der Waals surface area contributed by atoms with Gasteiger partial charge in [-0.15, -0.1) is 0 Å². The van der Waals surface area contributed by atoms with Crippen LogP contribution in [0.2, 0.25) is 0 Å². The van der Waals surface area contributed by atoms with Gasteiger partial charge in [0.2, 0.25) is 0 Å². The summed E-state index contributed by atoms with van der Waals surface area (Å²) in [5.41, 5.74) is 4.74. The van der Waals surface area contributed by atoms with E-state index in [1.165, 1.54) is 0 Å². The minimum Gasteiger partial charge on any atom is -0.306 e. The number of carbonyl (C=O) groups excluding carboxylic acids is 1. The van der Waals surface area contributed by atoms with E-state index in [9.17, 15) is 4.79 Å². The number of amides is 1. The molecule has 1 N–H and O–H groups in total. The number of hydrogen-bond acceptors (Lipinski definition) is 4. The van der Waals surface area contributed by atoms with Crippen LogP contribution < -0.4 is 5.32 Å². The van der Waals surface area contributed by atoms with E-state index in [1.807, 2.05) is 84.6 Å². The van der Waals surface area contributed by atoms with Gasteiger partial charge < -0.3 is 5.32 Å². The summed E-state index contributed by atoms with van der Waals surface area (Å²) in [6, 6.07) is 15.8. The fourth-order valence-corrected chi connectivity index (χ4v) is 3.74. The Hall–Kier alpha value is -4.00. The third-order valence-corrected chi connectivity index (χ3v) is 5.31. The van der Waals surface area contributed by atoms with Gasteiger partial charge in [0.25, 0.3) is 5.91 Å².